The maximum atomic E-state index is 12.9. The summed E-state index contributed by atoms with van der Waals surface area (Å²) < 4.78 is 7.83. The summed E-state index contributed by atoms with van der Waals surface area (Å²) in [5, 5.41) is 0. The van der Waals surface area contributed by atoms with Gasteiger partial charge in [0.1, 0.15) is 12.4 Å². The monoisotopic (exact) mass is 418 g/mol. The third-order valence-corrected chi connectivity index (χ3v) is 5.47. The van der Waals surface area contributed by atoms with Crippen LogP contribution in [0.5, 0.6) is 0 Å². The molecule has 0 amide bonds. The molecule has 5 aromatic rings. The van der Waals surface area contributed by atoms with E-state index in [-0.39, 0.29) is 12.6 Å². The molecule has 0 spiro atoms. The van der Waals surface area contributed by atoms with Crippen molar-refractivity contribution in [2.45, 2.75) is 6.54 Å². The highest BCUT2D eigenvalue weighted by molar-refractivity contribution is 5.97. The molecule has 0 N–H and O–H groups in total. The molecule has 0 aliphatic carbocycles. The fraction of sp³-hybridized carbons (Fsp3) is 0.0714. The lowest BCUT2D eigenvalue weighted by atomic mass is 10.00. The van der Waals surface area contributed by atoms with Crippen molar-refractivity contribution in [2.75, 3.05) is 6.61 Å². The number of carbonyl (C=O) groups excluding carboxylic acids is 1. The molecule has 4 heteroatoms. The van der Waals surface area contributed by atoms with Crippen molar-refractivity contribution in [2.24, 2.45) is 0 Å². The molecule has 5 rings (SSSR count). The quantitative estimate of drug-likeness (QED) is 0.307. The largest absolute Gasteiger partial charge is 0.460 e. The van der Waals surface area contributed by atoms with Gasteiger partial charge in [0.2, 0.25) is 0 Å². The zero-order valence-corrected chi connectivity index (χ0v) is 17.5. The molecule has 0 aliphatic heterocycles. The van der Waals surface area contributed by atoms with Crippen molar-refractivity contribution in [3.8, 4) is 22.5 Å². The van der Waals surface area contributed by atoms with Gasteiger partial charge in [-0.2, -0.15) is 0 Å². The molecule has 0 aliphatic rings. The van der Waals surface area contributed by atoms with Crippen LogP contribution in [-0.2, 0) is 11.3 Å². The van der Waals surface area contributed by atoms with Crippen molar-refractivity contribution in [1.29, 1.82) is 0 Å². The second-order valence-corrected chi connectivity index (χ2v) is 7.49. The molecule has 0 unspecified atom stereocenters. The topological polar surface area (TPSA) is 44.1 Å². The van der Waals surface area contributed by atoms with Gasteiger partial charge in [0, 0.05) is 5.56 Å². The Kier molecular flexibility index (Phi) is 5.50. The number of rotatable bonds is 6. The van der Waals surface area contributed by atoms with Gasteiger partial charge in [0.25, 0.3) is 0 Å². The first-order chi connectivity index (χ1) is 15.8. The van der Waals surface area contributed by atoms with E-state index in [1.807, 2.05) is 109 Å². The number of esters is 1. The number of fused-ring (bicyclic) bond motifs is 1. The number of hydrogen-bond donors (Lipinski definition) is 0. The molecule has 0 atom stereocenters. The number of benzene rings is 4. The van der Waals surface area contributed by atoms with Crippen molar-refractivity contribution in [3.63, 3.8) is 0 Å². The van der Waals surface area contributed by atoms with Crippen LogP contribution in [0.2, 0.25) is 0 Å². The lowest BCUT2D eigenvalue weighted by Gasteiger charge is -2.12. The third kappa shape index (κ3) is 3.91. The summed E-state index contributed by atoms with van der Waals surface area (Å²) in [6, 6.07) is 35.5. The molecule has 156 valence electrons. The summed E-state index contributed by atoms with van der Waals surface area (Å²) in [7, 11) is 0. The van der Waals surface area contributed by atoms with Crippen molar-refractivity contribution < 1.29 is 9.53 Å². The van der Waals surface area contributed by atoms with Crippen molar-refractivity contribution in [1.82, 2.24) is 9.55 Å². The average molecular weight is 418 g/mol. The van der Waals surface area contributed by atoms with Gasteiger partial charge >= 0.3 is 5.97 Å². The second kappa shape index (κ2) is 8.90. The Bertz CT molecular complexity index is 1360. The van der Waals surface area contributed by atoms with E-state index in [9.17, 15) is 4.79 Å². The number of carbonyl (C=O) groups is 1. The molecule has 0 saturated heterocycles. The number of ether oxygens (including phenoxy) is 1. The van der Waals surface area contributed by atoms with Crippen molar-refractivity contribution in [3.05, 3.63) is 115 Å². The second-order valence-electron chi connectivity index (χ2n) is 7.49. The number of hydrogen-bond acceptors (Lipinski definition) is 3. The van der Waals surface area contributed by atoms with Crippen LogP contribution in [0.1, 0.15) is 10.4 Å². The van der Waals surface area contributed by atoms with Crippen LogP contribution in [0.3, 0.4) is 0 Å². The van der Waals surface area contributed by atoms with Gasteiger partial charge in [0.15, 0.2) is 0 Å². The highest BCUT2D eigenvalue weighted by Crippen LogP contribution is 2.26. The molecular formula is C28H22N2O2. The molecule has 0 saturated carbocycles. The van der Waals surface area contributed by atoms with E-state index in [2.05, 4.69) is 4.57 Å². The molecular weight excluding hydrogens is 396 g/mol. The van der Waals surface area contributed by atoms with Crippen LogP contribution in [0.15, 0.2) is 109 Å². The SMILES string of the molecule is O=C(OCCn1c(-c2ccccc2)nc2ccccc21)c1ccccc1-c1ccccc1. The summed E-state index contributed by atoms with van der Waals surface area (Å²) in [5.74, 6) is 0.544. The normalized spacial score (nSPS) is 10.9. The first kappa shape index (κ1) is 19.8. The first-order valence-electron chi connectivity index (χ1n) is 10.6. The van der Waals surface area contributed by atoms with Gasteiger partial charge in [-0.1, -0.05) is 91.0 Å². The smallest absolute Gasteiger partial charge is 0.338 e. The zero-order valence-electron chi connectivity index (χ0n) is 17.5. The summed E-state index contributed by atoms with van der Waals surface area (Å²) in [6.45, 7) is 0.770. The molecule has 1 heterocycles. The predicted octanol–water partition coefficient (Wildman–Crippen LogP) is 6.23. The van der Waals surface area contributed by atoms with Gasteiger partial charge in [-0.25, -0.2) is 9.78 Å². The number of imidazole rings is 1. The molecule has 0 radical (unpaired) electrons. The van der Waals surface area contributed by atoms with Gasteiger partial charge in [-0.05, 0) is 29.3 Å². The molecule has 1 aromatic heterocycles. The Hall–Kier alpha value is -4.18. The van der Waals surface area contributed by atoms with Crippen LogP contribution >= 0.6 is 0 Å². The van der Waals surface area contributed by atoms with E-state index in [0.29, 0.717) is 12.1 Å². The van der Waals surface area contributed by atoms with E-state index >= 15 is 0 Å². The Morgan fingerprint density at radius 2 is 1.34 bits per heavy atom. The summed E-state index contributed by atoms with van der Waals surface area (Å²) in [6.07, 6.45) is 0. The van der Waals surface area contributed by atoms with E-state index < -0.39 is 0 Å². The zero-order chi connectivity index (χ0) is 21.8. The van der Waals surface area contributed by atoms with Gasteiger partial charge in [-0.3, -0.25) is 0 Å². The Morgan fingerprint density at radius 3 is 2.12 bits per heavy atom. The minimum absolute atomic E-state index is 0.252. The van der Waals surface area contributed by atoms with E-state index in [0.717, 1.165) is 33.5 Å². The molecule has 0 bridgehead atoms. The average Bonchev–Trinajstić information content (AvgIpc) is 3.24. The summed E-state index contributed by atoms with van der Waals surface area (Å²) in [5.41, 5.74) is 5.41. The van der Waals surface area contributed by atoms with E-state index in [1.54, 1.807) is 0 Å². The fourth-order valence-corrected chi connectivity index (χ4v) is 3.95. The Labute approximate surface area is 186 Å². The maximum absolute atomic E-state index is 12.9. The van der Waals surface area contributed by atoms with Crippen molar-refractivity contribution >= 4 is 17.0 Å². The van der Waals surface area contributed by atoms with E-state index in [4.69, 9.17) is 9.72 Å². The summed E-state index contributed by atoms with van der Waals surface area (Å²) in [4.78, 5) is 17.8. The highest BCUT2D eigenvalue weighted by Gasteiger charge is 2.16. The maximum Gasteiger partial charge on any atom is 0.338 e. The number of para-hydroxylation sites is 2. The van der Waals surface area contributed by atoms with Crippen LogP contribution in [0.4, 0.5) is 0 Å². The van der Waals surface area contributed by atoms with Gasteiger partial charge in [-0.15, -0.1) is 0 Å². The standard InChI is InChI=1S/C28H22N2O2/c31-28(24-16-8-7-15-23(24)21-11-3-1-4-12-21)32-20-19-30-26-18-10-9-17-25(26)29-27(30)22-13-5-2-6-14-22/h1-18H,19-20H2. The van der Waals surface area contributed by atoms with E-state index in [1.165, 1.54) is 0 Å². The van der Waals surface area contributed by atoms with Crippen LogP contribution < -0.4 is 0 Å². The van der Waals surface area contributed by atoms with Crippen LogP contribution in [-0.4, -0.2) is 22.1 Å². The van der Waals surface area contributed by atoms with Crippen LogP contribution in [0.25, 0.3) is 33.5 Å². The Morgan fingerprint density at radius 1 is 0.719 bits per heavy atom. The molecule has 0 fully saturated rings. The fourth-order valence-electron chi connectivity index (χ4n) is 3.95. The van der Waals surface area contributed by atoms with Gasteiger partial charge < -0.3 is 9.30 Å². The molecule has 4 nitrogen and oxygen atoms in total. The lowest BCUT2D eigenvalue weighted by Crippen LogP contribution is -2.13. The predicted molar refractivity (Wildman–Crippen MR) is 127 cm³/mol. The minimum atomic E-state index is -0.324. The lowest BCUT2D eigenvalue weighted by molar-refractivity contribution is 0.0493. The summed E-state index contributed by atoms with van der Waals surface area (Å²) >= 11 is 0. The third-order valence-electron chi connectivity index (χ3n) is 5.47. The first-order valence-corrected chi connectivity index (χ1v) is 10.6. The number of aromatic nitrogens is 2. The van der Waals surface area contributed by atoms with Crippen LogP contribution in [0, 0.1) is 0 Å². The minimum Gasteiger partial charge on any atom is -0.460 e. The van der Waals surface area contributed by atoms with Gasteiger partial charge in [0.05, 0.1) is 23.1 Å². The molecule has 32 heavy (non-hydrogen) atoms. The molecule has 4 aromatic carbocycles. The Balaban J connectivity index is 1.39. The highest BCUT2D eigenvalue weighted by atomic mass is 16.5. The number of nitrogens with zero attached hydrogens (tertiary/aromatic N) is 2.